The van der Waals surface area contributed by atoms with Crippen molar-refractivity contribution in [1.82, 2.24) is 5.43 Å². The highest BCUT2D eigenvalue weighted by Crippen LogP contribution is 2.23. The van der Waals surface area contributed by atoms with Gasteiger partial charge in [-0.1, -0.05) is 18.2 Å². The molecule has 1 amide bonds. The number of carbonyl (C=O) groups is 1. The Balaban J connectivity index is 1.89. The van der Waals surface area contributed by atoms with Crippen molar-refractivity contribution in [2.75, 3.05) is 24.6 Å². The second kappa shape index (κ2) is 9.46. The number of ether oxygens (including phenoxy) is 1. The normalized spacial score (nSPS) is 10.7. The highest BCUT2D eigenvalue weighted by atomic mass is 16.5. The van der Waals surface area contributed by atoms with Gasteiger partial charge in [-0.15, -0.1) is 0 Å². The smallest absolute Gasteiger partial charge is 0.277 e. The maximum Gasteiger partial charge on any atom is 0.277 e. The van der Waals surface area contributed by atoms with Crippen molar-refractivity contribution in [2.24, 2.45) is 5.10 Å². The molecule has 0 aliphatic heterocycles. The van der Waals surface area contributed by atoms with E-state index in [1.165, 1.54) is 6.21 Å². The monoisotopic (exact) mass is 355 g/mol. The van der Waals surface area contributed by atoms with Crippen LogP contribution in [0.5, 0.6) is 11.5 Å². The molecule has 0 unspecified atom stereocenters. The van der Waals surface area contributed by atoms with Crippen LogP contribution < -0.4 is 15.1 Å². The fraction of sp³-hybridized carbons (Fsp3) is 0.300. The van der Waals surface area contributed by atoms with Crippen molar-refractivity contribution in [2.45, 2.75) is 20.8 Å². The van der Waals surface area contributed by atoms with E-state index in [0.29, 0.717) is 11.3 Å². The molecule has 6 heteroatoms. The van der Waals surface area contributed by atoms with Crippen molar-refractivity contribution in [3.63, 3.8) is 0 Å². The number of phenols is 1. The molecule has 0 aliphatic rings. The summed E-state index contributed by atoms with van der Waals surface area (Å²) in [6.45, 7) is 7.63. The average Bonchev–Trinajstić information content (AvgIpc) is 2.64. The molecular formula is C20H25N3O3. The van der Waals surface area contributed by atoms with Crippen LogP contribution in [0.15, 0.2) is 47.6 Å². The summed E-state index contributed by atoms with van der Waals surface area (Å²) in [4.78, 5) is 13.9. The van der Waals surface area contributed by atoms with Gasteiger partial charge >= 0.3 is 0 Å². The first-order chi connectivity index (χ1) is 12.5. The molecule has 0 atom stereocenters. The maximum absolute atomic E-state index is 11.8. The van der Waals surface area contributed by atoms with Gasteiger partial charge in [0.05, 0.1) is 6.21 Å². The standard InChI is InChI=1S/C20H25N3O3/c1-4-23(5-2)17-11-10-16(18(24)12-17)13-21-22-20(25)14-26-19-9-7-6-8-15(19)3/h6-13,24H,4-5,14H2,1-3H3,(H,22,25)/b21-13+. The lowest BCUT2D eigenvalue weighted by Crippen LogP contribution is -2.24. The van der Waals surface area contributed by atoms with Crippen molar-refractivity contribution in [3.05, 3.63) is 53.6 Å². The number of anilines is 1. The second-order valence-electron chi connectivity index (χ2n) is 5.76. The number of hydrogen-bond donors (Lipinski definition) is 2. The van der Waals surface area contributed by atoms with E-state index in [-0.39, 0.29) is 18.3 Å². The Bertz CT molecular complexity index is 771. The van der Waals surface area contributed by atoms with E-state index >= 15 is 0 Å². The van der Waals surface area contributed by atoms with Gasteiger partial charge in [0, 0.05) is 30.4 Å². The Morgan fingerprint density at radius 3 is 2.62 bits per heavy atom. The number of phenolic OH excluding ortho intramolecular Hbond substituents is 1. The Labute approximate surface area is 154 Å². The summed E-state index contributed by atoms with van der Waals surface area (Å²) >= 11 is 0. The summed E-state index contributed by atoms with van der Waals surface area (Å²) < 4.78 is 5.45. The number of aryl methyl sites for hydroxylation is 1. The molecule has 0 spiro atoms. The zero-order valence-electron chi connectivity index (χ0n) is 15.4. The quantitative estimate of drug-likeness (QED) is 0.564. The minimum absolute atomic E-state index is 0.114. The predicted octanol–water partition coefficient (Wildman–Crippen LogP) is 3.08. The molecular weight excluding hydrogens is 330 g/mol. The summed E-state index contributed by atoms with van der Waals surface area (Å²) in [7, 11) is 0. The molecule has 0 saturated carbocycles. The van der Waals surface area contributed by atoms with Gasteiger partial charge in [0.15, 0.2) is 6.61 Å². The van der Waals surface area contributed by atoms with Crippen LogP contribution in [0.25, 0.3) is 0 Å². The molecule has 2 aromatic carbocycles. The molecule has 0 fully saturated rings. The van der Waals surface area contributed by atoms with Gasteiger partial charge in [-0.3, -0.25) is 4.79 Å². The minimum atomic E-state index is -0.372. The summed E-state index contributed by atoms with van der Waals surface area (Å²) in [5.41, 5.74) is 4.83. The number of amides is 1. The van der Waals surface area contributed by atoms with Gasteiger partial charge in [-0.05, 0) is 44.5 Å². The van der Waals surface area contributed by atoms with Crippen molar-refractivity contribution in [3.8, 4) is 11.5 Å². The van der Waals surface area contributed by atoms with Crippen LogP contribution in [0.3, 0.4) is 0 Å². The first-order valence-corrected chi connectivity index (χ1v) is 8.63. The van der Waals surface area contributed by atoms with Crippen LogP contribution in [0, 0.1) is 6.92 Å². The van der Waals surface area contributed by atoms with Crippen molar-refractivity contribution < 1.29 is 14.6 Å². The number of rotatable bonds is 8. The van der Waals surface area contributed by atoms with Gasteiger partial charge in [0.1, 0.15) is 11.5 Å². The lowest BCUT2D eigenvalue weighted by atomic mass is 10.2. The van der Waals surface area contributed by atoms with Crippen LogP contribution >= 0.6 is 0 Å². The third kappa shape index (κ3) is 5.24. The van der Waals surface area contributed by atoms with E-state index in [2.05, 4.69) is 29.3 Å². The molecule has 0 aromatic heterocycles. The van der Waals surface area contributed by atoms with Gasteiger partial charge < -0.3 is 14.7 Å². The summed E-state index contributed by atoms with van der Waals surface area (Å²) in [6, 6.07) is 12.8. The Morgan fingerprint density at radius 2 is 1.96 bits per heavy atom. The Morgan fingerprint density at radius 1 is 1.23 bits per heavy atom. The highest BCUT2D eigenvalue weighted by Gasteiger charge is 2.06. The third-order valence-electron chi connectivity index (χ3n) is 3.99. The molecule has 6 nitrogen and oxygen atoms in total. The Hall–Kier alpha value is -3.02. The molecule has 2 N–H and O–H groups in total. The van der Waals surface area contributed by atoms with E-state index < -0.39 is 0 Å². The molecule has 0 aliphatic carbocycles. The topological polar surface area (TPSA) is 74.2 Å². The van der Waals surface area contributed by atoms with E-state index in [1.54, 1.807) is 18.2 Å². The number of hydrazone groups is 1. The van der Waals surface area contributed by atoms with E-state index in [9.17, 15) is 9.90 Å². The fourth-order valence-electron chi connectivity index (χ4n) is 2.49. The number of nitrogens with zero attached hydrogens (tertiary/aromatic N) is 2. The summed E-state index contributed by atoms with van der Waals surface area (Å²) in [6.07, 6.45) is 1.41. The van der Waals surface area contributed by atoms with E-state index in [4.69, 9.17) is 4.74 Å². The van der Waals surface area contributed by atoms with Crippen LogP contribution in [0.2, 0.25) is 0 Å². The maximum atomic E-state index is 11.8. The second-order valence-corrected chi connectivity index (χ2v) is 5.76. The van der Waals surface area contributed by atoms with Crippen LogP contribution in [-0.2, 0) is 4.79 Å². The number of nitrogens with one attached hydrogen (secondary N) is 1. The highest BCUT2D eigenvalue weighted by molar-refractivity contribution is 5.86. The first-order valence-electron chi connectivity index (χ1n) is 8.63. The SMILES string of the molecule is CCN(CC)c1ccc(/C=N/NC(=O)COc2ccccc2C)c(O)c1. The van der Waals surface area contributed by atoms with E-state index in [1.807, 2.05) is 31.2 Å². The van der Waals surface area contributed by atoms with Crippen molar-refractivity contribution >= 4 is 17.8 Å². The van der Waals surface area contributed by atoms with Crippen LogP contribution in [-0.4, -0.2) is 36.9 Å². The molecule has 0 radical (unpaired) electrons. The number of para-hydroxylation sites is 1. The lowest BCUT2D eigenvalue weighted by molar-refractivity contribution is -0.123. The molecule has 26 heavy (non-hydrogen) atoms. The number of hydrogen-bond acceptors (Lipinski definition) is 5. The van der Waals surface area contributed by atoms with Crippen LogP contribution in [0.4, 0.5) is 5.69 Å². The molecule has 2 rings (SSSR count). The number of benzene rings is 2. The van der Waals surface area contributed by atoms with Crippen molar-refractivity contribution in [1.29, 1.82) is 0 Å². The Kier molecular flexibility index (Phi) is 7.02. The molecule has 0 bridgehead atoms. The van der Waals surface area contributed by atoms with Gasteiger partial charge in [-0.2, -0.15) is 5.10 Å². The number of carbonyl (C=O) groups excluding carboxylic acids is 1. The predicted molar refractivity (Wildman–Crippen MR) is 104 cm³/mol. The van der Waals surface area contributed by atoms with Crippen LogP contribution in [0.1, 0.15) is 25.0 Å². The van der Waals surface area contributed by atoms with Gasteiger partial charge in [0.25, 0.3) is 5.91 Å². The number of aromatic hydroxyl groups is 1. The van der Waals surface area contributed by atoms with E-state index in [0.717, 1.165) is 24.3 Å². The molecule has 138 valence electrons. The zero-order chi connectivity index (χ0) is 18.9. The van der Waals surface area contributed by atoms with Gasteiger partial charge in [0.2, 0.25) is 0 Å². The largest absolute Gasteiger partial charge is 0.507 e. The lowest BCUT2D eigenvalue weighted by Gasteiger charge is -2.21. The summed E-state index contributed by atoms with van der Waals surface area (Å²) in [5.74, 6) is 0.406. The fourth-order valence-corrected chi connectivity index (χ4v) is 2.49. The summed E-state index contributed by atoms with van der Waals surface area (Å²) in [5, 5.41) is 14.0. The molecule has 0 saturated heterocycles. The molecule has 2 aromatic rings. The minimum Gasteiger partial charge on any atom is -0.507 e. The average molecular weight is 355 g/mol. The molecule has 0 heterocycles. The zero-order valence-corrected chi connectivity index (χ0v) is 15.4. The first kappa shape index (κ1) is 19.3. The van der Waals surface area contributed by atoms with Gasteiger partial charge in [-0.25, -0.2) is 5.43 Å². The third-order valence-corrected chi connectivity index (χ3v) is 3.99.